The molecule has 9 heteroatoms. The third-order valence-corrected chi connectivity index (χ3v) is 4.84. The number of para-hydroxylation sites is 2. The van der Waals surface area contributed by atoms with E-state index in [1.165, 1.54) is 10.4 Å². The van der Waals surface area contributed by atoms with Gasteiger partial charge in [0.05, 0.1) is 26.0 Å². The molecule has 1 N–H and O–H groups in total. The van der Waals surface area contributed by atoms with E-state index in [1.807, 2.05) is 24.3 Å². The number of nitrogens with one attached hydrogen (secondary N) is 1. The van der Waals surface area contributed by atoms with Crippen LogP contribution in [0.5, 0.6) is 5.75 Å². The summed E-state index contributed by atoms with van der Waals surface area (Å²) in [5.41, 5.74) is 2.68. The molecule has 0 atom stereocenters. The fourth-order valence-corrected chi connectivity index (χ4v) is 3.27. The number of carbonyl (C=O) groups excluding carboxylic acids is 1. The van der Waals surface area contributed by atoms with Crippen LogP contribution in [-0.2, 0) is 22.6 Å². The lowest BCUT2D eigenvalue weighted by atomic mass is 10.1. The SMILES string of the molecule is COc1ccccc1NC(=O)Cn1nnc(-c2ccc(CN3CCOCC3)cc2)n1. The maximum atomic E-state index is 12.3. The number of nitrogens with zero attached hydrogens (tertiary/aromatic N) is 5. The molecule has 1 amide bonds. The maximum absolute atomic E-state index is 12.3. The number of hydrogen-bond acceptors (Lipinski definition) is 7. The highest BCUT2D eigenvalue weighted by atomic mass is 16.5. The van der Waals surface area contributed by atoms with Crippen molar-refractivity contribution in [3.63, 3.8) is 0 Å². The van der Waals surface area contributed by atoms with Gasteiger partial charge in [-0.3, -0.25) is 9.69 Å². The van der Waals surface area contributed by atoms with Gasteiger partial charge in [0.2, 0.25) is 11.7 Å². The van der Waals surface area contributed by atoms with Crippen LogP contribution in [0.4, 0.5) is 5.69 Å². The topological polar surface area (TPSA) is 94.4 Å². The fraction of sp³-hybridized carbons (Fsp3) is 0.333. The molecule has 1 aliphatic heterocycles. The van der Waals surface area contributed by atoms with Gasteiger partial charge in [-0.2, -0.15) is 4.80 Å². The zero-order valence-corrected chi connectivity index (χ0v) is 16.8. The van der Waals surface area contributed by atoms with Gasteiger partial charge in [0.1, 0.15) is 12.3 Å². The second-order valence-corrected chi connectivity index (χ2v) is 6.98. The number of carbonyl (C=O) groups is 1. The lowest BCUT2D eigenvalue weighted by molar-refractivity contribution is -0.117. The lowest BCUT2D eigenvalue weighted by Gasteiger charge is -2.26. The van der Waals surface area contributed by atoms with Crippen molar-refractivity contribution in [1.82, 2.24) is 25.1 Å². The Kier molecular flexibility index (Phi) is 6.31. The Morgan fingerprint density at radius 1 is 1.13 bits per heavy atom. The normalized spacial score (nSPS) is 14.4. The van der Waals surface area contributed by atoms with Crippen LogP contribution in [0.3, 0.4) is 0 Å². The Morgan fingerprint density at radius 3 is 2.67 bits per heavy atom. The number of anilines is 1. The summed E-state index contributed by atoms with van der Waals surface area (Å²) in [6, 6.07) is 15.3. The Bertz CT molecular complexity index is 982. The zero-order chi connectivity index (χ0) is 20.8. The summed E-state index contributed by atoms with van der Waals surface area (Å²) >= 11 is 0. The smallest absolute Gasteiger partial charge is 0.248 e. The van der Waals surface area contributed by atoms with E-state index >= 15 is 0 Å². The molecular weight excluding hydrogens is 384 g/mol. The van der Waals surface area contributed by atoms with Crippen LogP contribution in [0, 0.1) is 0 Å². The van der Waals surface area contributed by atoms with Gasteiger partial charge in [-0.1, -0.05) is 36.4 Å². The zero-order valence-electron chi connectivity index (χ0n) is 16.8. The largest absolute Gasteiger partial charge is 0.495 e. The van der Waals surface area contributed by atoms with Crippen LogP contribution in [0.1, 0.15) is 5.56 Å². The number of morpholine rings is 1. The summed E-state index contributed by atoms with van der Waals surface area (Å²) < 4.78 is 10.6. The van der Waals surface area contributed by atoms with Crippen molar-refractivity contribution >= 4 is 11.6 Å². The molecule has 2 heterocycles. The van der Waals surface area contributed by atoms with Gasteiger partial charge < -0.3 is 14.8 Å². The third kappa shape index (κ3) is 5.00. The van der Waals surface area contributed by atoms with Gasteiger partial charge in [0, 0.05) is 25.2 Å². The molecule has 0 saturated carbocycles. The summed E-state index contributed by atoms with van der Waals surface area (Å²) in [5.74, 6) is 0.817. The number of methoxy groups -OCH3 is 1. The lowest BCUT2D eigenvalue weighted by Crippen LogP contribution is -2.35. The summed E-state index contributed by atoms with van der Waals surface area (Å²) in [6.07, 6.45) is 0. The van der Waals surface area contributed by atoms with Crippen LogP contribution in [-0.4, -0.2) is 64.4 Å². The predicted octanol–water partition coefficient (Wildman–Crippen LogP) is 1.82. The minimum Gasteiger partial charge on any atom is -0.495 e. The first-order valence-electron chi connectivity index (χ1n) is 9.81. The van der Waals surface area contributed by atoms with Crippen molar-refractivity contribution in [2.24, 2.45) is 0 Å². The second kappa shape index (κ2) is 9.47. The van der Waals surface area contributed by atoms with E-state index in [1.54, 1.807) is 19.2 Å². The molecule has 0 aliphatic carbocycles. The molecule has 1 fully saturated rings. The van der Waals surface area contributed by atoms with E-state index in [2.05, 4.69) is 37.8 Å². The van der Waals surface area contributed by atoms with Crippen LogP contribution in [0.25, 0.3) is 11.4 Å². The first-order chi connectivity index (χ1) is 14.7. The average Bonchev–Trinajstić information content (AvgIpc) is 3.23. The van der Waals surface area contributed by atoms with Gasteiger partial charge in [0.25, 0.3) is 0 Å². The standard InChI is InChI=1S/C21H24N6O3/c1-29-19-5-3-2-4-18(19)22-20(28)15-27-24-21(23-25-27)17-8-6-16(7-9-17)14-26-10-12-30-13-11-26/h2-9H,10-15H2,1H3,(H,22,28). The summed E-state index contributed by atoms with van der Waals surface area (Å²) in [7, 11) is 1.56. The quantitative estimate of drug-likeness (QED) is 0.637. The van der Waals surface area contributed by atoms with Crippen molar-refractivity contribution in [2.45, 2.75) is 13.1 Å². The Balaban J connectivity index is 1.35. The molecule has 9 nitrogen and oxygen atoms in total. The van der Waals surface area contributed by atoms with Crippen LogP contribution in [0.15, 0.2) is 48.5 Å². The summed E-state index contributed by atoms with van der Waals surface area (Å²) in [5, 5.41) is 15.2. The number of rotatable bonds is 7. The van der Waals surface area contributed by atoms with Gasteiger partial charge in [0.15, 0.2) is 0 Å². The number of aromatic nitrogens is 4. The van der Waals surface area contributed by atoms with Gasteiger partial charge in [-0.25, -0.2) is 0 Å². The number of ether oxygens (including phenoxy) is 2. The van der Waals surface area contributed by atoms with Crippen molar-refractivity contribution < 1.29 is 14.3 Å². The molecular formula is C21H24N6O3. The summed E-state index contributed by atoms with van der Waals surface area (Å²) in [6.45, 7) is 4.33. The van der Waals surface area contributed by atoms with E-state index in [9.17, 15) is 4.79 Å². The molecule has 4 rings (SSSR count). The molecule has 1 aromatic heterocycles. The Labute approximate surface area is 174 Å². The Hall–Kier alpha value is -3.30. The number of amides is 1. The predicted molar refractivity (Wildman–Crippen MR) is 111 cm³/mol. The van der Waals surface area contributed by atoms with E-state index < -0.39 is 0 Å². The highest BCUT2D eigenvalue weighted by molar-refractivity contribution is 5.91. The van der Waals surface area contributed by atoms with E-state index in [0.29, 0.717) is 17.3 Å². The van der Waals surface area contributed by atoms with Crippen LogP contribution >= 0.6 is 0 Å². The van der Waals surface area contributed by atoms with Crippen LogP contribution in [0.2, 0.25) is 0 Å². The summed E-state index contributed by atoms with van der Waals surface area (Å²) in [4.78, 5) is 16.0. The molecule has 0 spiro atoms. The van der Waals surface area contributed by atoms with Crippen molar-refractivity contribution in [3.8, 4) is 17.1 Å². The minimum atomic E-state index is -0.260. The molecule has 0 radical (unpaired) electrons. The van der Waals surface area contributed by atoms with Crippen molar-refractivity contribution in [1.29, 1.82) is 0 Å². The first-order valence-corrected chi connectivity index (χ1v) is 9.81. The molecule has 3 aromatic rings. The van der Waals surface area contributed by atoms with Gasteiger partial charge in [-0.15, -0.1) is 10.2 Å². The third-order valence-electron chi connectivity index (χ3n) is 4.84. The number of benzene rings is 2. The molecule has 1 aliphatic rings. The number of tetrazole rings is 1. The molecule has 2 aromatic carbocycles. The van der Waals surface area contributed by atoms with Crippen molar-refractivity contribution in [2.75, 3.05) is 38.7 Å². The monoisotopic (exact) mass is 408 g/mol. The van der Waals surface area contributed by atoms with Gasteiger partial charge in [-0.05, 0) is 22.9 Å². The molecule has 30 heavy (non-hydrogen) atoms. The van der Waals surface area contributed by atoms with E-state index in [0.717, 1.165) is 38.4 Å². The van der Waals surface area contributed by atoms with Gasteiger partial charge >= 0.3 is 0 Å². The molecule has 1 saturated heterocycles. The molecule has 0 unspecified atom stereocenters. The minimum absolute atomic E-state index is 0.0415. The molecule has 156 valence electrons. The second-order valence-electron chi connectivity index (χ2n) is 6.98. The number of hydrogen-bond donors (Lipinski definition) is 1. The molecule has 0 bridgehead atoms. The fourth-order valence-electron chi connectivity index (χ4n) is 3.27. The maximum Gasteiger partial charge on any atom is 0.248 e. The van der Waals surface area contributed by atoms with E-state index in [4.69, 9.17) is 9.47 Å². The highest BCUT2D eigenvalue weighted by Gasteiger charge is 2.13. The Morgan fingerprint density at radius 2 is 1.90 bits per heavy atom. The average molecular weight is 408 g/mol. The first kappa shape index (κ1) is 20.0. The van der Waals surface area contributed by atoms with E-state index in [-0.39, 0.29) is 12.5 Å². The highest BCUT2D eigenvalue weighted by Crippen LogP contribution is 2.23. The van der Waals surface area contributed by atoms with Crippen molar-refractivity contribution in [3.05, 3.63) is 54.1 Å². The van der Waals surface area contributed by atoms with Crippen LogP contribution < -0.4 is 10.1 Å².